The topological polar surface area (TPSA) is 58.3 Å². The molecule has 4 N–H and O–H groups in total. The molecule has 0 aromatic heterocycles. The molecule has 0 radical (unpaired) electrons. The summed E-state index contributed by atoms with van der Waals surface area (Å²) in [7, 11) is 0. The SMILES string of the molecule is CCC(O)CCNCCCN. The van der Waals surface area contributed by atoms with Crippen LogP contribution in [-0.4, -0.2) is 30.8 Å². The fraction of sp³-hybridized carbons (Fsp3) is 1.00. The molecule has 0 saturated heterocycles. The van der Waals surface area contributed by atoms with E-state index in [1.807, 2.05) is 6.92 Å². The summed E-state index contributed by atoms with van der Waals surface area (Å²) in [4.78, 5) is 0. The molecule has 68 valence electrons. The van der Waals surface area contributed by atoms with Gasteiger partial charge in [-0.05, 0) is 38.9 Å². The maximum atomic E-state index is 9.15. The lowest BCUT2D eigenvalue weighted by molar-refractivity contribution is 0.160. The fourth-order valence-corrected chi connectivity index (χ4v) is 0.825. The molecule has 0 fully saturated rings. The standard InChI is InChI=1S/C8H20N2O/c1-2-8(11)4-7-10-6-3-5-9/h8,10-11H,2-7,9H2,1H3. The van der Waals surface area contributed by atoms with Crippen molar-refractivity contribution in [3.8, 4) is 0 Å². The van der Waals surface area contributed by atoms with E-state index >= 15 is 0 Å². The number of nitrogens with one attached hydrogen (secondary N) is 1. The molecule has 0 heterocycles. The third-order valence-electron chi connectivity index (χ3n) is 1.68. The lowest BCUT2D eigenvalue weighted by Gasteiger charge is -2.07. The van der Waals surface area contributed by atoms with Gasteiger partial charge < -0.3 is 16.2 Å². The van der Waals surface area contributed by atoms with Gasteiger partial charge in [-0.25, -0.2) is 0 Å². The summed E-state index contributed by atoms with van der Waals surface area (Å²) < 4.78 is 0. The van der Waals surface area contributed by atoms with Gasteiger partial charge in [0.15, 0.2) is 0 Å². The minimum atomic E-state index is -0.139. The van der Waals surface area contributed by atoms with Gasteiger partial charge in [-0.1, -0.05) is 6.92 Å². The van der Waals surface area contributed by atoms with Crippen LogP contribution < -0.4 is 11.1 Å². The molecule has 0 aliphatic heterocycles. The van der Waals surface area contributed by atoms with Crippen LogP contribution in [0.2, 0.25) is 0 Å². The van der Waals surface area contributed by atoms with E-state index in [-0.39, 0.29) is 6.10 Å². The van der Waals surface area contributed by atoms with Crippen LogP contribution in [0.1, 0.15) is 26.2 Å². The third kappa shape index (κ3) is 7.78. The van der Waals surface area contributed by atoms with Crippen LogP contribution in [0.5, 0.6) is 0 Å². The molecule has 0 aromatic rings. The summed E-state index contributed by atoms with van der Waals surface area (Å²) in [5.74, 6) is 0. The predicted octanol–water partition coefficient (Wildman–Crippen LogP) is 0.0858. The molecule has 0 aliphatic carbocycles. The zero-order valence-electron chi connectivity index (χ0n) is 7.34. The van der Waals surface area contributed by atoms with Gasteiger partial charge in [-0.3, -0.25) is 0 Å². The number of hydrogen-bond donors (Lipinski definition) is 3. The van der Waals surface area contributed by atoms with E-state index in [0.29, 0.717) is 0 Å². The summed E-state index contributed by atoms with van der Waals surface area (Å²) in [6.45, 7) is 4.59. The van der Waals surface area contributed by atoms with Crippen molar-refractivity contribution >= 4 is 0 Å². The van der Waals surface area contributed by atoms with Gasteiger partial charge in [-0.15, -0.1) is 0 Å². The minimum absolute atomic E-state index is 0.139. The number of aliphatic hydroxyl groups excluding tert-OH is 1. The molecule has 0 bridgehead atoms. The quantitative estimate of drug-likeness (QED) is 0.462. The maximum absolute atomic E-state index is 9.15. The summed E-state index contributed by atoms with van der Waals surface area (Å²) in [5, 5.41) is 12.4. The van der Waals surface area contributed by atoms with Crippen molar-refractivity contribution in [2.75, 3.05) is 19.6 Å². The Morgan fingerprint density at radius 2 is 2.18 bits per heavy atom. The molecule has 0 rings (SSSR count). The van der Waals surface area contributed by atoms with Crippen LogP contribution in [0.4, 0.5) is 0 Å². The molecular weight excluding hydrogens is 140 g/mol. The first-order valence-electron chi connectivity index (χ1n) is 4.40. The lowest BCUT2D eigenvalue weighted by Crippen LogP contribution is -2.22. The second kappa shape index (κ2) is 7.98. The van der Waals surface area contributed by atoms with Gasteiger partial charge in [0.05, 0.1) is 6.10 Å². The number of hydrogen-bond acceptors (Lipinski definition) is 3. The molecule has 0 amide bonds. The van der Waals surface area contributed by atoms with Crippen LogP contribution in [-0.2, 0) is 0 Å². The normalized spacial score (nSPS) is 13.4. The van der Waals surface area contributed by atoms with Gasteiger partial charge in [0.2, 0.25) is 0 Å². The maximum Gasteiger partial charge on any atom is 0.0549 e. The van der Waals surface area contributed by atoms with Crippen LogP contribution in [0, 0.1) is 0 Å². The van der Waals surface area contributed by atoms with Crippen LogP contribution in [0.25, 0.3) is 0 Å². The Kier molecular flexibility index (Phi) is 7.89. The van der Waals surface area contributed by atoms with Gasteiger partial charge in [-0.2, -0.15) is 0 Å². The largest absolute Gasteiger partial charge is 0.393 e. The van der Waals surface area contributed by atoms with E-state index in [1.54, 1.807) is 0 Å². The van der Waals surface area contributed by atoms with E-state index in [0.717, 1.165) is 38.9 Å². The molecule has 1 atom stereocenters. The zero-order chi connectivity index (χ0) is 8.53. The number of nitrogens with two attached hydrogens (primary N) is 1. The van der Waals surface area contributed by atoms with Crippen LogP contribution in [0.15, 0.2) is 0 Å². The van der Waals surface area contributed by atoms with E-state index < -0.39 is 0 Å². The molecule has 1 unspecified atom stereocenters. The van der Waals surface area contributed by atoms with E-state index in [2.05, 4.69) is 5.32 Å². The third-order valence-corrected chi connectivity index (χ3v) is 1.68. The predicted molar refractivity (Wildman–Crippen MR) is 47.5 cm³/mol. The van der Waals surface area contributed by atoms with Crippen molar-refractivity contribution in [2.24, 2.45) is 5.73 Å². The Hall–Kier alpha value is -0.120. The van der Waals surface area contributed by atoms with E-state index in [9.17, 15) is 0 Å². The van der Waals surface area contributed by atoms with Crippen molar-refractivity contribution in [3.05, 3.63) is 0 Å². The first kappa shape index (κ1) is 10.9. The number of rotatable bonds is 7. The molecule has 3 nitrogen and oxygen atoms in total. The summed E-state index contributed by atoms with van der Waals surface area (Å²) >= 11 is 0. The van der Waals surface area contributed by atoms with E-state index in [1.165, 1.54) is 0 Å². The minimum Gasteiger partial charge on any atom is -0.393 e. The molecule has 0 aromatic carbocycles. The average Bonchev–Trinajstić information content (AvgIpc) is 2.04. The van der Waals surface area contributed by atoms with E-state index in [4.69, 9.17) is 10.8 Å². The fourth-order valence-electron chi connectivity index (χ4n) is 0.825. The first-order chi connectivity index (χ1) is 5.31. The molecule has 0 saturated carbocycles. The van der Waals surface area contributed by atoms with Gasteiger partial charge in [0.25, 0.3) is 0 Å². The number of aliphatic hydroxyl groups is 1. The molecule has 0 aliphatic rings. The molecule has 3 heteroatoms. The Labute approximate surface area is 69.0 Å². The van der Waals surface area contributed by atoms with Crippen LogP contribution in [0.3, 0.4) is 0 Å². The monoisotopic (exact) mass is 160 g/mol. The lowest BCUT2D eigenvalue weighted by atomic mass is 10.2. The van der Waals surface area contributed by atoms with Gasteiger partial charge >= 0.3 is 0 Å². The highest BCUT2D eigenvalue weighted by Crippen LogP contribution is 1.93. The molecule has 11 heavy (non-hydrogen) atoms. The second-order valence-electron chi connectivity index (χ2n) is 2.74. The highest BCUT2D eigenvalue weighted by atomic mass is 16.3. The summed E-state index contributed by atoms with van der Waals surface area (Å²) in [5.41, 5.74) is 5.31. The van der Waals surface area contributed by atoms with Gasteiger partial charge in [0, 0.05) is 0 Å². The Morgan fingerprint density at radius 3 is 2.73 bits per heavy atom. The second-order valence-corrected chi connectivity index (χ2v) is 2.74. The first-order valence-corrected chi connectivity index (χ1v) is 4.40. The van der Waals surface area contributed by atoms with Crippen molar-refractivity contribution < 1.29 is 5.11 Å². The Balaban J connectivity index is 2.89. The summed E-state index contributed by atoms with van der Waals surface area (Å²) in [6.07, 6.45) is 2.57. The zero-order valence-corrected chi connectivity index (χ0v) is 7.34. The van der Waals surface area contributed by atoms with Crippen molar-refractivity contribution in [2.45, 2.75) is 32.3 Å². The average molecular weight is 160 g/mol. The molecule has 0 spiro atoms. The smallest absolute Gasteiger partial charge is 0.0549 e. The molecular formula is C8H20N2O. The Morgan fingerprint density at radius 1 is 1.45 bits per heavy atom. The highest BCUT2D eigenvalue weighted by molar-refractivity contribution is 4.55. The van der Waals surface area contributed by atoms with Crippen LogP contribution >= 0.6 is 0 Å². The van der Waals surface area contributed by atoms with Gasteiger partial charge in [0.1, 0.15) is 0 Å². The van der Waals surface area contributed by atoms with Crippen molar-refractivity contribution in [3.63, 3.8) is 0 Å². The highest BCUT2D eigenvalue weighted by Gasteiger charge is 1.97. The summed E-state index contributed by atoms with van der Waals surface area (Å²) in [6, 6.07) is 0. The van der Waals surface area contributed by atoms with Crippen molar-refractivity contribution in [1.29, 1.82) is 0 Å². The Bertz CT molecular complexity index is 78.5. The van der Waals surface area contributed by atoms with Crippen molar-refractivity contribution in [1.82, 2.24) is 5.32 Å².